The lowest BCUT2D eigenvalue weighted by atomic mass is 9.91. The number of amides is 1. The highest BCUT2D eigenvalue weighted by Crippen LogP contribution is 2.44. The van der Waals surface area contributed by atoms with Crippen LogP contribution in [-0.2, 0) is 9.59 Å². The zero-order valence-electron chi connectivity index (χ0n) is 20.5. The van der Waals surface area contributed by atoms with Gasteiger partial charge in [-0.1, -0.05) is 74.0 Å². The fourth-order valence-corrected chi connectivity index (χ4v) is 4.82. The van der Waals surface area contributed by atoms with Crippen molar-refractivity contribution in [3.05, 3.63) is 113 Å². The molecule has 1 unspecified atom stereocenters. The third-order valence-electron chi connectivity index (χ3n) is 6.36. The number of benzene rings is 4. The van der Waals surface area contributed by atoms with Crippen LogP contribution in [0.3, 0.4) is 0 Å². The average molecular weight is 512 g/mol. The van der Waals surface area contributed by atoms with Crippen molar-refractivity contribution in [2.75, 3.05) is 11.5 Å². The molecular weight excluding hydrogens is 486 g/mol. The molecule has 1 atom stereocenters. The quantitative estimate of drug-likeness (QED) is 0.169. The summed E-state index contributed by atoms with van der Waals surface area (Å²) in [4.78, 5) is 28.4. The van der Waals surface area contributed by atoms with Crippen molar-refractivity contribution in [2.24, 2.45) is 5.92 Å². The first-order valence-electron chi connectivity index (χ1n) is 12.1. The Kier molecular flexibility index (Phi) is 6.72. The van der Waals surface area contributed by atoms with E-state index >= 15 is 0 Å². The first-order valence-corrected chi connectivity index (χ1v) is 12.5. The summed E-state index contributed by atoms with van der Waals surface area (Å²) in [6.45, 7) is 4.69. The van der Waals surface area contributed by atoms with Gasteiger partial charge in [0.2, 0.25) is 0 Å². The Morgan fingerprint density at radius 3 is 2.38 bits per heavy atom. The van der Waals surface area contributed by atoms with Gasteiger partial charge in [-0.15, -0.1) is 0 Å². The van der Waals surface area contributed by atoms with Crippen LogP contribution in [0.2, 0.25) is 5.02 Å². The van der Waals surface area contributed by atoms with Gasteiger partial charge >= 0.3 is 0 Å². The van der Waals surface area contributed by atoms with Crippen molar-refractivity contribution < 1.29 is 19.4 Å². The zero-order chi connectivity index (χ0) is 26.1. The van der Waals surface area contributed by atoms with Gasteiger partial charge in [-0.05, 0) is 64.7 Å². The van der Waals surface area contributed by atoms with Crippen molar-refractivity contribution >= 4 is 45.5 Å². The van der Waals surface area contributed by atoms with Crippen LogP contribution in [0, 0.1) is 5.92 Å². The molecule has 1 aliphatic rings. The molecule has 5 nitrogen and oxygen atoms in total. The summed E-state index contributed by atoms with van der Waals surface area (Å²) in [5.74, 6) is -0.683. The van der Waals surface area contributed by atoms with Crippen LogP contribution in [0.25, 0.3) is 16.5 Å². The molecule has 0 aliphatic carbocycles. The maximum Gasteiger partial charge on any atom is 0.300 e. The van der Waals surface area contributed by atoms with Crippen LogP contribution in [0.15, 0.2) is 96.6 Å². The summed E-state index contributed by atoms with van der Waals surface area (Å²) in [6.07, 6.45) is 0. The topological polar surface area (TPSA) is 66.8 Å². The Balaban J connectivity index is 1.69. The van der Waals surface area contributed by atoms with E-state index in [-0.39, 0.29) is 11.3 Å². The molecule has 1 aliphatic heterocycles. The lowest BCUT2D eigenvalue weighted by Gasteiger charge is -2.26. The van der Waals surface area contributed by atoms with E-state index in [0.717, 1.165) is 16.3 Å². The molecule has 4 aromatic rings. The second kappa shape index (κ2) is 10.1. The SMILES string of the molecule is CC(C)COc1ccc(/C(O)=C2/C(=O)C(=O)N(c3cccc(Cl)c3)C2c2cccc3ccccc23)cc1. The van der Waals surface area contributed by atoms with Crippen molar-refractivity contribution in [1.29, 1.82) is 0 Å². The number of ketones is 1. The molecule has 1 fully saturated rings. The summed E-state index contributed by atoms with van der Waals surface area (Å²) in [7, 11) is 0. The molecule has 0 aromatic heterocycles. The maximum absolute atomic E-state index is 13.5. The number of rotatable bonds is 6. The molecule has 1 saturated heterocycles. The van der Waals surface area contributed by atoms with E-state index in [1.165, 1.54) is 4.90 Å². The fraction of sp³-hybridized carbons (Fsp3) is 0.161. The van der Waals surface area contributed by atoms with Crippen molar-refractivity contribution in [3.63, 3.8) is 0 Å². The summed E-state index contributed by atoms with van der Waals surface area (Å²) >= 11 is 6.25. The van der Waals surface area contributed by atoms with Crippen LogP contribution in [0.5, 0.6) is 5.75 Å². The van der Waals surface area contributed by atoms with Crippen LogP contribution in [0.4, 0.5) is 5.69 Å². The minimum absolute atomic E-state index is 0.0252. The van der Waals surface area contributed by atoms with Crippen LogP contribution in [0.1, 0.15) is 31.0 Å². The molecule has 1 heterocycles. The molecule has 186 valence electrons. The zero-order valence-corrected chi connectivity index (χ0v) is 21.3. The monoisotopic (exact) mass is 511 g/mol. The first-order chi connectivity index (χ1) is 17.8. The minimum atomic E-state index is -0.846. The van der Waals surface area contributed by atoms with E-state index in [0.29, 0.717) is 34.5 Å². The average Bonchev–Trinajstić information content (AvgIpc) is 3.17. The van der Waals surface area contributed by atoms with Gasteiger partial charge in [0.25, 0.3) is 11.7 Å². The highest BCUT2D eigenvalue weighted by atomic mass is 35.5. The largest absolute Gasteiger partial charge is 0.507 e. The second-order valence-corrected chi connectivity index (χ2v) is 9.88. The Morgan fingerprint density at radius 1 is 0.946 bits per heavy atom. The number of Topliss-reactive ketones (excluding diaryl/α,β-unsaturated/α-hetero) is 1. The molecule has 1 N–H and O–H groups in total. The van der Waals surface area contributed by atoms with Gasteiger partial charge < -0.3 is 9.84 Å². The number of aliphatic hydroxyl groups excluding tert-OH is 1. The molecule has 6 heteroatoms. The lowest BCUT2D eigenvalue weighted by molar-refractivity contribution is -0.132. The Hall–Kier alpha value is -4.09. The Bertz CT molecular complexity index is 1520. The summed E-state index contributed by atoms with van der Waals surface area (Å²) < 4.78 is 5.75. The van der Waals surface area contributed by atoms with Gasteiger partial charge in [0.1, 0.15) is 11.5 Å². The van der Waals surface area contributed by atoms with Crippen LogP contribution < -0.4 is 9.64 Å². The smallest absolute Gasteiger partial charge is 0.300 e. The molecule has 0 bridgehead atoms. The van der Waals surface area contributed by atoms with E-state index < -0.39 is 17.7 Å². The number of fused-ring (bicyclic) bond motifs is 1. The number of carbonyl (C=O) groups is 2. The summed E-state index contributed by atoms with van der Waals surface area (Å²) in [5.41, 5.74) is 1.66. The van der Waals surface area contributed by atoms with Gasteiger partial charge in [0, 0.05) is 16.3 Å². The van der Waals surface area contributed by atoms with Crippen molar-refractivity contribution in [2.45, 2.75) is 19.9 Å². The third kappa shape index (κ3) is 4.70. The van der Waals surface area contributed by atoms with Crippen LogP contribution in [-0.4, -0.2) is 23.4 Å². The third-order valence-corrected chi connectivity index (χ3v) is 6.59. The number of anilines is 1. The van der Waals surface area contributed by atoms with Crippen LogP contribution >= 0.6 is 11.6 Å². The normalized spacial score (nSPS) is 17.1. The predicted octanol–water partition coefficient (Wildman–Crippen LogP) is 7.15. The maximum atomic E-state index is 13.5. The summed E-state index contributed by atoms with van der Waals surface area (Å²) in [6, 6.07) is 26.3. The number of hydrogen-bond acceptors (Lipinski definition) is 4. The van der Waals surface area contributed by atoms with Crippen molar-refractivity contribution in [1.82, 2.24) is 0 Å². The van der Waals surface area contributed by atoms with E-state index in [9.17, 15) is 14.7 Å². The molecule has 37 heavy (non-hydrogen) atoms. The van der Waals surface area contributed by atoms with Gasteiger partial charge in [0.15, 0.2) is 0 Å². The van der Waals surface area contributed by atoms with E-state index in [1.807, 2.05) is 42.5 Å². The number of carbonyl (C=O) groups excluding carboxylic acids is 2. The summed E-state index contributed by atoms with van der Waals surface area (Å²) in [5, 5.41) is 13.7. The second-order valence-electron chi connectivity index (χ2n) is 9.45. The molecule has 4 aromatic carbocycles. The molecule has 5 rings (SSSR count). The fourth-order valence-electron chi connectivity index (χ4n) is 4.64. The highest BCUT2D eigenvalue weighted by molar-refractivity contribution is 6.52. The number of aliphatic hydroxyl groups is 1. The molecule has 0 radical (unpaired) electrons. The molecule has 1 amide bonds. The molecular formula is C31H26ClNO4. The lowest BCUT2D eigenvalue weighted by Crippen LogP contribution is -2.29. The number of nitrogens with zero attached hydrogens (tertiary/aromatic N) is 1. The van der Waals surface area contributed by atoms with E-state index in [4.69, 9.17) is 16.3 Å². The van der Waals surface area contributed by atoms with E-state index in [1.54, 1.807) is 48.5 Å². The predicted molar refractivity (Wildman–Crippen MR) is 147 cm³/mol. The standard InChI is InChI=1S/C31H26ClNO4/c1-19(2)18-37-24-15-13-21(14-16-24)29(34)27-28(26-12-5-8-20-7-3-4-11-25(20)26)33(31(36)30(27)35)23-10-6-9-22(32)17-23/h3-17,19,28,34H,18H2,1-2H3/b29-27-. The van der Waals surface area contributed by atoms with Gasteiger partial charge in [-0.3, -0.25) is 14.5 Å². The first kappa shape index (κ1) is 24.6. The van der Waals surface area contributed by atoms with Gasteiger partial charge in [-0.25, -0.2) is 0 Å². The molecule has 0 spiro atoms. The molecule has 0 saturated carbocycles. The minimum Gasteiger partial charge on any atom is -0.507 e. The number of ether oxygens (including phenoxy) is 1. The van der Waals surface area contributed by atoms with E-state index in [2.05, 4.69) is 13.8 Å². The highest BCUT2D eigenvalue weighted by Gasteiger charge is 2.47. The van der Waals surface area contributed by atoms with Crippen molar-refractivity contribution in [3.8, 4) is 5.75 Å². The van der Waals surface area contributed by atoms with Gasteiger partial charge in [0.05, 0.1) is 18.2 Å². The number of halogens is 1. The Labute approximate surface area is 220 Å². The Morgan fingerprint density at radius 2 is 1.65 bits per heavy atom. The van der Waals surface area contributed by atoms with Gasteiger partial charge in [-0.2, -0.15) is 0 Å². The number of hydrogen-bond donors (Lipinski definition) is 1.